The smallest absolute Gasteiger partial charge is 0.228 e. The van der Waals surface area contributed by atoms with Gasteiger partial charge < -0.3 is 4.90 Å². The average molecular weight is 221 g/mol. The minimum absolute atomic E-state index is 0.110. The van der Waals surface area contributed by atoms with Gasteiger partial charge in [0.15, 0.2) is 0 Å². The lowest BCUT2D eigenvalue weighted by atomic mass is 9.95. The largest absolute Gasteiger partial charge is 0.332 e. The minimum Gasteiger partial charge on any atom is -0.332 e. The molecule has 0 fully saturated rings. The zero-order chi connectivity index (χ0) is 10.8. The second-order valence-corrected chi connectivity index (χ2v) is 8.06. The first-order valence-corrected chi connectivity index (χ1v) is 7.40. The van der Waals surface area contributed by atoms with E-state index in [1.807, 2.05) is 20.8 Å². The molecule has 0 saturated heterocycles. The van der Waals surface area contributed by atoms with E-state index in [1.54, 1.807) is 11.9 Å². The molecule has 0 aliphatic carbocycles. The normalized spacial score (nSPS) is 14.5. The van der Waals surface area contributed by atoms with E-state index >= 15 is 0 Å². The molecule has 13 heavy (non-hydrogen) atoms. The monoisotopic (exact) mass is 220 g/mol. The lowest BCUT2D eigenvalue weighted by Crippen LogP contribution is -2.45. The van der Waals surface area contributed by atoms with Crippen LogP contribution in [0.1, 0.15) is 20.8 Å². The third kappa shape index (κ3) is 3.69. The van der Waals surface area contributed by atoms with Crippen molar-refractivity contribution < 1.29 is 4.79 Å². The predicted molar refractivity (Wildman–Crippen MR) is 59.3 cm³/mol. The van der Waals surface area contributed by atoms with Crippen LogP contribution in [0.2, 0.25) is 13.1 Å². The van der Waals surface area contributed by atoms with Crippen molar-refractivity contribution in [3.63, 3.8) is 0 Å². The summed E-state index contributed by atoms with van der Waals surface area (Å²) in [6.45, 7) is 9.94. The van der Waals surface area contributed by atoms with Crippen molar-refractivity contribution in [2.24, 2.45) is 5.41 Å². The van der Waals surface area contributed by atoms with Crippen molar-refractivity contribution >= 4 is 26.3 Å². The van der Waals surface area contributed by atoms with Crippen molar-refractivity contribution in [1.82, 2.24) is 4.90 Å². The molecule has 0 aromatic heterocycles. The molecular weight excluding hydrogens is 202 g/mol. The van der Waals surface area contributed by atoms with Crippen molar-refractivity contribution in [1.29, 1.82) is 0 Å². The van der Waals surface area contributed by atoms with Crippen molar-refractivity contribution in [3.05, 3.63) is 0 Å². The Balaban J connectivity index is 4.44. The van der Waals surface area contributed by atoms with Crippen molar-refractivity contribution in [3.8, 4) is 0 Å². The van der Waals surface area contributed by atoms with Crippen LogP contribution in [0.4, 0.5) is 0 Å². The molecule has 77 valence electrons. The number of hydrogen-bond donors (Lipinski definition) is 0. The fourth-order valence-electron chi connectivity index (χ4n) is 1.02. The Kier molecular flexibility index (Phi) is 4.46. The molecule has 1 atom stereocenters. The number of alkyl halides is 1. The maximum atomic E-state index is 11.8. The highest BCUT2D eigenvalue weighted by molar-refractivity contribution is 6.67. The Morgan fingerprint density at radius 1 is 1.38 bits per heavy atom. The quantitative estimate of drug-likeness (QED) is 0.398. The predicted octanol–water partition coefficient (Wildman–Crippen LogP) is 2.35. The summed E-state index contributed by atoms with van der Waals surface area (Å²) in [6.07, 6.45) is 0. The van der Waals surface area contributed by atoms with Gasteiger partial charge in [0.1, 0.15) is 0 Å². The number of nitrogens with zero attached hydrogens (tertiary/aromatic N) is 1. The zero-order valence-electron chi connectivity index (χ0n) is 9.31. The minimum atomic E-state index is -0.645. The van der Waals surface area contributed by atoms with Crippen molar-refractivity contribution in [2.45, 2.75) is 39.0 Å². The summed E-state index contributed by atoms with van der Waals surface area (Å²) in [5.41, 5.74) is -0.334. The molecule has 2 nitrogen and oxygen atoms in total. The Labute approximate surface area is 87.9 Å². The average Bonchev–Trinajstić information content (AvgIpc) is 1.98. The number of carbonyl (C=O) groups is 1. The molecule has 1 unspecified atom stereocenters. The molecule has 0 saturated carbocycles. The summed E-state index contributed by atoms with van der Waals surface area (Å²) >= 11 is 6.12. The topological polar surface area (TPSA) is 20.3 Å². The van der Waals surface area contributed by atoms with Crippen LogP contribution >= 0.6 is 11.6 Å². The van der Waals surface area contributed by atoms with Gasteiger partial charge in [-0.3, -0.25) is 4.79 Å². The van der Waals surface area contributed by atoms with Gasteiger partial charge in [0, 0.05) is 12.5 Å². The molecule has 1 radical (unpaired) electrons. The van der Waals surface area contributed by atoms with Crippen LogP contribution in [0, 0.1) is 5.41 Å². The third-order valence-electron chi connectivity index (χ3n) is 1.78. The molecule has 4 heteroatoms. The van der Waals surface area contributed by atoms with Gasteiger partial charge in [0.2, 0.25) is 5.91 Å². The molecule has 0 N–H and O–H groups in total. The fourth-order valence-corrected chi connectivity index (χ4v) is 2.00. The summed E-state index contributed by atoms with van der Waals surface area (Å²) in [7, 11) is 1.14. The standard InChI is InChI=1S/C9H19ClNOSi/c1-9(2,3)7(12)11(4)8(10)13(5)6/h8H,1-6H3. The van der Waals surface area contributed by atoms with Crippen LogP contribution < -0.4 is 0 Å². The number of rotatable bonds is 2. The highest BCUT2D eigenvalue weighted by atomic mass is 35.5. The molecule has 1 amide bonds. The molecule has 0 spiro atoms. The maximum absolute atomic E-state index is 11.8. The van der Waals surface area contributed by atoms with E-state index in [2.05, 4.69) is 13.1 Å². The Morgan fingerprint density at radius 2 is 1.77 bits per heavy atom. The van der Waals surface area contributed by atoms with Crippen LogP contribution in [-0.2, 0) is 4.79 Å². The van der Waals surface area contributed by atoms with Crippen LogP contribution in [0.25, 0.3) is 0 Å². The number of carbonyl (C=O) groups excluding carboxylic acids is 1. The van der Waals surface area contributed by atoms with Crippen LogP contribution in [0.15, 0.2) is 0 Å². The molecule has 0 aliphatic heterocycles. The van der Waals surface area contributed by atoms with Gasteiger partial charge in [-0.15, -0.1) is 11.6 Å². The van der Waals surface area contributed by atoms with E-state index in [4.69, 9.17) is 11.6 Å². The molecule has 0 aliphatic rings. The maximum Gasteiger partial charge on any atom is 0.228 e. The molecule has 0 aromatic carbocycles. The third-order valence-corrected chi connectivity index (χ3v) is 4.72. The first-order chi connectivity index (χ1) is 5.68. The summed E-state index contributed by atoms with van der Waals surface area (Å²) in [6, 6.07) is 0. The summed E-state index contributed by atoms with van der Waals surface area (Å²) in [5.74, 6) is 0.110. The zero-order valence-corrected chi connectivity index (χ0v) is 11.1. The first kappa shape index (κ1) is 13.0. The fraction of sp³-hybridized carbons (Fsp3) is 0.889. The van der Waals surface area contributed by atoms with Gasteiger partial charge >= 0.3 is 0 Å². The van der Waals surface area contributed by atoms with Crippen LogP contribution in [-0.4, -0.2) is 31.8 Å². The van der Waals surface area contributed by atoms with E-state index in [0.29, 0.717) is 0 Å². The first-order valence-electron chi connectivity index (χ1n) is 4.39. The molecule has 0 aromatic rings. The van der Waals surface area contributed by atoms with Gasteiger partial charge in [-0.05, 0) is 0 Å². The number of halogens is 1. The van der Waals surface area contributed by atoms with E-state index in [1.165, 1.54) is 0 Å². The summed E-state index contributed by atoms with van der Waals surface area (Å²) < 4.78 is 0. The highest BCUT2D eigenvalue weighted by Crippen LogP contribution is 2.19. The van der Waals surface area contributed by atoms with E-state index in [9.17, 15) is 4.79 Å². The van der Waals surface area contributed by atoms with Gasteiger partial charge in [0.25, 0.3) is 0 Å². The number of hydrogen-bond acceptors (Lipinski definition) is 1. The second kappa shape index (κ2) is 4.47. The Hall–Kier alpha value is -0.0231. The molecular formula is C9H19ClNOSi. The van der Waals surface area contributed by atoms with Gasteiger partial charge in [0.05, 0.1) is 13.9 Å². The molecule has 0 bridgehead atoms. The lowest BCUT2D eigenvalue weighted by molar-refractivity contribution is -0.137. The highest BCUT2D eigenvalue weighted by Gasteiger charge is 2.29. The lowest BCUT2D eigenvalue weighted by Gasteiger charge is -2.31. The molecule has 0 rings (SSSR count). The SMILES string of the molecule is CN(C(=O)C(C)(C)C)C(Cl)[Si](C)C. The summed E-state index contributed by atoms with van der Waals surface area (Å²) in [4.78, 5) is 13.4. The second-order valence-electron chi connectivity index (χ2n) is 4.58. The molecule has 0 heterocycles. The van der Waals surface area contributed by atoms with Gasteiger partial charge in [-0.25, -0.2) is 0 Å². The Morgan fingerprint density at radius 3 is 2.00 bits per heavy atom. The number of amides is 1. The summed E-state index contributed by atoms with van der Waals surface area (Å²) in [5, 5.41) is -0.114. The van der Waals surface area contributed by atoms with Crippen LogP contribution in [0.5, 0.6) is 0 Å². The van der Waals surface area contributed by atoms with E-state index < -0.39 is 8.80 Å². The van der Waals surface area contributed by atoms with Crippen LogP contribution in [0.3, 0.4) is 0 Å². The van der Waals surface area contributed by atoms with Crippen molar-refractivity contribution in [2.75, 3.05) is 7.05 Å². The van der Waals surface area contributed by atoms with E-state index in [-0.39, 0.29) is 16.4 Å². The van der Waals surface area contributed by atoms with Gasteiger partial charge in [-0.1, -0.05) is 33.9 Å². The van der Waals surface area contributed by atoms with E-state index in [0.717, 1.165) is 0 Å². The Bertz CT molecular complexity index is 189. The van der Waals surface area contributed by atoms with Gasteiger partial charge in [-0.2, -0.15) is 0 Å².